The zero-order valence-corrected chi connectivity index (χ0v) is 12.5. The van der Waals surface area contributed by atoms with E-state index < -0.39 is 15.6 Å². The summed E-state index contributed by atoms with van der Waals surface area (Å²) in [6.45, 7) is 0.543. The molecule has 1 N–H and O–H groups in total. The molecule has 1 aliphatic rings. The Bertz CT molecular complexity index is 612. The van der Waals surface area contributed by atoms with Gasteiger partial charge in [-0.3, -0.25) is 0 Å². The predicted molar refractivity (Wildman–Crippen MR) is 79.3 cm³/mol. The molecule has 6 heteroatoms. The molecule has 0 aromatic heterocycles. The van der Waals surface area contributed by atoms with Crippen LogP contribution in [0.5, 0.6) is 0 Å². The fourth-order valence-corrected chi connectivity index (χ4v) is 3.35. The molecule has 21 heavy (non-hydrogen) atoms. The van der Waals surface area contributed by atoms with Crippen LogP contribution < -0.4 is 5.32 Å². The number of alkyl halides is 2. The standard InChI is InChI=1S/C15H19F2NO2S/c16-15(17)21(19,20)14-9-5-4-8-13(14)18-11-10-12-6-2-1-3-7-12/h4-6,8-9,15,18H,1-3,7,10-11H2. The van der Waals surface area contributed by atoms with E-state index in [1.807, 2.05) is 0 Å². The van der Waals surface area contributed by atoms with Gasteiger partial charge in [0, 0.05) is 6.54 Å². The molecule has 0 heterocycles. The van der Waals surface area contributed by atoms with E-state index in [4.69, 9.17) is 0 Å². The molecule has 3 nitrogen and oxygen atoms in total. The van der Waals surface area contributed by atoms with Gasteiger partial charge in [-0.2, -0.15) is 8.78 Å². The van der Waals surface area contributed by atoms with Gasteiger partial charge < -0.3 is 5.32 Å². The number of anilines is 1. The van der Waals surface area contributed by atoms with Gasteiger partial charge in [0.25, 0.3) is 0 Å². The van der Waals surface area contributed by atoms with Crippen molar-refractivity contribution in [2.24, 2.45) is 0 Å². The second-order valence-corrected chi connectivity index (χ2v) is 6.97. The van der Waals surface area contributed by atoms with Gasteiger partial charge in [0.2, 0.25) is 9.84 Å². The Hall–Kier alpha value is -1.43. The first-order valence-electron chi connectivity index (χ1n) is 7.04. The predicted octanol–water partition coefficient (Wildman–Crippen LogP) is 3.99. The normalized spacial score (nSPS) is 15.9. The highest BCUT2D eigenvalue weighted by Crippen LogP contribution is 2.26. The van der Waals surface area contributed by atoms with Gasteiger partial charge in [0.1, 0.15) is 0 Å². The van der Waals surface area contributed by atoms with Crippen LogP contribution in [-0.4, -0.2) is 20.7 Å². The van der Waals surface area contributed by atoms with Crippen molar-refractivity contribution in [3.63, 3.8) is 0 Å². The Balaban J connectivity index is 2.05. The van der Waals surface area contributed by atoms with Gasteiger partial charge >= 0.3 is 5.76 Å². The Labute approximate surface area is 124 Å². The van der Waals surface area contributed by atoms with E-state index in [0.717, 1.165) is 19.3 Å². The average molecular weight is 315 g/mol. The molecular formula is C15H19F2NO2S. The summed E-state index contributed by atoms with van der Waals surface area (Å²) < 4.78 is 48.6. The van der Waals surface area contributed by atoms with Crippen molar-refractivity contribution in [2.75, 3.05) is 11.9 Å². The number of hydrogen-bond donors (Lipinski definition) is 1. The maximum Gasteiger partial charge on any atom is 0.341 e. The quantitative estimate of drug-likeness (QED) is 0.808. The van der Waals surface area contributed by atoms with Crippen molar-refractivity contribution >= 4 is 15.5 Å². The molecule has 0 fully saturated rings. The number of halogens is 2. The third-order valence-electron chi connectivity index (χ3n) is 3.57. The Morgan fingerprint density at radius 2 is 1.95 bits per heavy atom. The maximum atomic E-state index is 12.7. The molecule has 1 aliphatic carbocycles. The monoisotopic (exact) mass is 315 g/mol. The molecule has 0 saturated heterocycles. The number of para-hydroxylation sites is 1. The van der Waals surface area contributed by atoms with Crippen molar-refractivity contribution in [2.45, 2.75) is 42.8 Å². The van der Waals surface area contributed by atoms with E-state index in [2.05, 4.69) is 11.4 Å². The molecule has 0 spiro atoms. The van der Waals surface area contributed by atoms with E-state index in [9.17, 15) is 17.2 Å². The van der Waals surface area contributed by atoms with Crippen LogP contribution in [0, 0.1) is 0 Å². The van der Waals surface area contributed by atoms with Crippen LogP contribution in [0.15, 0.2) is 40.8 Å². The topological polar surface area (TPSA) is 46.2 Å². The maximum absolute atomic E-state index is 12.7. The van der Waals surface area contributed by atoms with Gasteiger partial charge in [-0.05, 0) is 44.2 Å². The summed E-state index contributed by atoms with van der Waals surface area (Å²) in [5.74, 6) is -3.40. The Kier molecular flexibility index (Phi) is 5.33. The largest absolute Gasteiger partial charge is 0.384 e. The summed E-state index contributed by atoms with van der Waals surface area (Å²) in [6.07, 6.45) is 7.58. The fraction of sp³-hybridized carbons (Fsp3) is 0.467. The summed E-state index contributed by atoms with van der Waals surface area (Å²) in [7, 11) is -4.57. The summed E-state index contributed by atoms with van der Waals surface area (Å²) in [4.78, 5) is -0.336. The molecule has 0 atom stereocenters. The lowest BCUT2D eigenvalue weighted by atomic mass is 9.97. The average Bonchev–Trinajstić information content (AvgIpc) is 2.48. The molecule has 1 aromatic carbocycles. The fourth-order valence-electron chi connectivity index (χ4n) is 2.45. The summed E-state index contributed by atoms with van der Waals surface area (Å²) >= 11 is 0. The smallest absolute Gasteiger partial charge is 0.341 e. The minimum absolute atomic E-state index is 0.245. The second kappa shape index (κ2) is 7.02. The number of rotatable bonds is 6. The van der Waals surface area contributed by atoms with Crippen LogP contribution in [0.4, 0.5) is 14.5 Å². The molecule has 1 aromatic rings. The summed E-state index contributed by atoms with van der Waals surface area (Å²) in [5, 5.41) is 2.97. The number of benzene rings is 1. The van der Waals surface area contributed by atoms with Crippen LogP contribution in [0.25, 0.3) is 0 Å². The van der Waals surface area contributed by atoms with Crippen molar-refractivity contribution in [1.29, 1.82) is 0 Å². The van der Waals surface area contributed by atoms with Crippen molar-refractivity contribution in [3.8, 4) is 0 Å². The minimum Gasteiger partial charge on any atom is -0.384 e. The molecule has 0 unspecified atom stereocenters. The van der Waals surface area contributed by atoms with E-state index in [1.165, 1.54) is 36.6 Å². The summed E-state index contributed by atoms with van der Waals surface area (Å²) in [5.41, 5.74) is 1.59. The van der Waals surface area contributed by atoms with Gasteiger partial charge in [0.15, 0.2) is 0 Å². The van der Waals surface area contributed by atoms with E-state index in [1.54, 1.807) is 6.07 Å². The molecule has 0 aliphatic heterocycles. The molecule has 2 rings (SSSR count). The third kappa shape index (κ3) is 4.03. The Morgan fingerprint density at radius 3 is 2.62 bits per heavy atom. The first-order chi connectivity index (χ1) is 10.0. The molecule has 0 bridgehead atoms. The van der Waals surface area contributed by atoms with Gasteiger partial charge in [-0.1, -0.05) is 23.8 Å². The number of sulfone groups is 1. The van der Waals surface area contributed by atoms with Crippen LogP contribution in [0.1, 0.15) is 32.1 Å². The SMILES string of the molecule is O=S(=O)(c1ccccc1NCCC1=CCCCC1)C(F)F. The van der Waals surface area contributed by atoms with Crippen molar-refractivity contribution in [1.82, 2.24) is 0 Å². The third-order valence-corrected chi connectivity index (χ3v) is 5.01. The molecule has 0 amide bonds. The number of hydrogen-bond acceptors (Lipinski definition) is 3. The van der Waals surface area contributed by atoms with Crippen molar-refractivity contribution < 1.29 is 17.2 Å². The lowest BCUT2D eigenvalue weighted by Gasteiger charge is -2.15. The minimum atomic E-state index is -4.57. The summed E-state index contributed by atoms with van der Waals surface area (Å²) in [6, 6.07) is 5.81. The van der Waals surface area contributed by atoms with E-state index >= 15 is 0 Å². The number of allylic oxidation sites excluding steroid dienone is 1. The highest BCUT2D eigenvalue weighted by atomic mass is 32.2. The first kappa shape index (κ1) is 15.9. The van der Waals surface area contributed by atoms with E-state index in [-0.39, 0.29) is 10.6 Å². The molecule has 116 valence electrons. The molecule has 0 radical (unpaired) electrons. The second-order valence-electron chi connectivity index (χ2n) is 5.09. The molecular weight excluding hydrogens is 296 g/mol. The van der Waals surface area contributed by atoms with Crippen LogP contribution >= 0.6 is 0 Å². The van der Waals surface area contributed by atoms with Crippen molar-refractivity contribution in [3.05, 3.63) is 35.9 Å². The lowest BCUT2D eigenvalue weighted by Crippen LogP contribution is -2.15. The van der Waals surface area contributed by atoms with E-state index in [0.29, 0.717) is 6.54 Å². The lowest BCUT2D eigenvalue weighted by molar-refractivity contribution is 0.235. The van der Waals surface area contributed by atoms with Gasteiger partial charge in [-0.15, -0.1) is 0 Å². The van der Waals surface area contributed by atoms with Gasteiger partial charge in [-0.25, -0.2) is 8.42 Å². The molecule has 0 saturated carbocycles. The zero-order valence-electron chi connectivity index (χ0n) is 11.7. The highest BCUT2D eigenvalue weighted by molar-refractivity contribution is 7.91. The van der Waals surface area contributed by atoms with Crippen LogP contribution in [0.2, 0.25) is 0 Å². The highest BCUT2D eigenvalue weighted by Gasteiger charge is 2.28. The first-order valence-corrected chi connectivity index (χ1v) is 8.59. The van der Waals surface area contributed by atoms with Crippen LogP contribution in [-0.2, 0) is 9.84 Å². The Morgan fingerprint density at radius 1 is 1.19 bits per heavy atom. The number of nitrogens with one attached hydrogen (secondary N) is 1. The van der Waals surface area contributed by atoms with Gasteiger partial charge in [0.05, 0.1) is 10.6 Å². The zero-order chi connectivity index (χ0) is 15.3. The van der Waals surface area contributed by atoms with Crippen LogP contribution in [0.3, 0.4) is 0 Å².